The predicted octanol–water partition coefficient (Wildman–Crippen LogP) is 1.17. The van der Waals surface area contributed by atoms with Crippen molar-refractivity contribution in [2.75, 3.05) is 0 Å². The van der Waals surface area contributed by atoms with Crippen LogP contribution >= 0.6 is 0 Å². The van der Waals surface area contributed by atoms with Crippen LogP contribution in [-0.4, -0.2) is 17.2 Å². The van der Waals surface area contributed by atoms with Crippen LogP contribution in [0, 0.1) is 11.8 Å². The van der Waals surface area contributed by atoms with Crippen LogP contribution in [0.15, 0.2) is 6.08 Å². The van der Waals surface area contributed by atoms with Crippen molar-refractivity contribution >= 4 is 5.94 Å². The molecule has 1 saturated carbocycles. The van der Waals surface area contributed by atoms with E-state index in [-0.39, 0.29) is 12.0 Å². The molecule has 0 spiro atoms. The van der Waals surface area contributed by atoms with Crippen LogP contribution in [0.5, 0.6) is 0 Å². The Morgan fingerprint density at radius 2 is 2.27 bits per heavy atom. The third-order valence-electron chi connectivity index (χ3n) is 2.41. The van der Waals surface area contributed by atoms with Crippen LogP contribution in [0.4, 0.5) is 0 Å². The van der Waals surface area contributed by atoms with Gasteiger partial charge < -0.3 is 5.11 Å². The lowest BCUT2D eigenvalue weighted by atomic mass is 9.81. The molecule has 1 rings (SSSR count). The summed E-state index contributed by atoms with van der Waals surface area (Å²) >= 11 is 0. The first-order valence-corrected chi connectivity index (χ1v) is 4.13. The van der Waals surface area contributed by atoms with Gasteiger partial charge in [-0.25, -0.2) is 4.79 Å². The van der Waals surface area contributed by atoms with Crippen molar-refractivity contribution in [2.24, 2.45) is 11.8 Å². The standard InChI is InChI=1S/C9H14O2/c1-7-2-3-8(4-5-10)9(11)6-7/h4,7-9,11H,2-3,6H2,1H3. The second-order valence-corrected chi connectivity index (χ2v) is 3.43. The minimum absolute atomic E-state index is 0.0590. The second kappa shape index (κ2) is 3.70. The van der Waals surface area contributed by atoms with Gasteiger partial charge in [0.1, 0.15) is 5.94 Å². The lowest BCUT2D eigenvalue weighted by Crippen LogP contribution is -2.26. The Morgan fingerprint density at radius 1 is 1.55 bits per heavy atom. The number of aliphatic hydroxyl groups excluding tert-OH is 1. The van der Waals surface area contributed by atoms with E-state index in [1.54, 1.807) is 5.94 Å². The molecule has 62 valence electrons. The molecule has 1 fully saturated rings. The van der Waals surface area contributed by atoms with Crippen LogP contribution in [0.2, 0.25) is 0 Å². The van der Waals surface area contributed by atoms with Gasteiger partial charge in [-0.3, -0.25) is 0 Å². The van der Waals surface area contributed by atoms with Crippen LogP contribution in [0.25, 0.3) is 0 Å². The van der Waals surface area contributed by atoms with Gasteiger partial charge in [-0.05, 0) is 25.2 Å². The molecule has 0 aromatic rings. The fourth-order valence-corrected chi connectivity index (χ4v) is 1.66. The van der Waals surface area contributed by atoms with Gasteiger partial charge in [-0.15, -0.1) is 0 Å². The molecule has 0 radical (unpaired) electrons. The SMILES string of the molecule is CC1CCC(C=C=O)C(O)C1. The zero-order chi connectivity index (χ0) is 8.27. The maximum absolute atomic E-state index is 10.0. The molecule has 1 N–H and O–H groups in total. The Hall–Kier alpha value is -0.590. The number of carbonyl (C=O) groups excluding carboxylic acids is 1. The molecule has 11 heavy (non-hydrogen) atoms. The molecule has 2 heteroatoms. The van der Waals surface area contributed by atoms with Gasteiger partial charge in [-0.2, -0.15) is 0 Å². The van der Waals surface area contributed by atoms with Gasteiger partial charge in [0.05, 0.1) is 6.10 Å². The summed E-state index contributed by atoms with van der Waals surface area (Å²) in [5.74, 6) is 2.41. The van der Waals surface area contributed by atoms with Crippen LogP contribution in [0.3, 0.4) is 0 Å². The Labute approximate surface area is 66.9 Å². The summed E-state index contributed by atoms with van der Waals surface area (Å²) in [5, 5.41) is 9.46. The Balaban J connectivity index is 2.50. The van der Waals surface area contributed by atoms with Crippen LogP contribution in [-0.2, 0) is 4.79 Å². The van der Waals surface area contributed by atoms with Crippen molar-refractivity contribution in [1.82, 2.24) is 0 Å². The first-order valence-electron chi connectivity index (χ1n) is 4.13. The highest BCUT2D eigenvalue weighted by Crippen LogP contribution is 2.28. The maximum Gasteiger partial charge on any atom is 0.120 e. The van der Waals surface area contributed by atoms with Gasteiger partial charge in [0.25, 0.3) is 0 Å². The molecule has 3 unspecified atom stereocenters. The molecular formula is C9H14O2. The highest BCUT2D eigenvalue weighted by Gasteiger charge is 2.24. The summed E-state index contributed by atoms with van der Waals surface area (Å²) in [6, 6.07) is 0. The monoisotopic (exact) mass is 154 g/mol. The summed E-state index contributed by atoms with van der Waals surface area (Å²) in [5.41, 5.74) is 0. The topological polar surface area (TPSA) is 37.3 Å². The lowest BCUT2D eigenvalue weighted by molar-refractivity contribution is 0.0708. The lowest BCUT2D eigenvalue weighted by Gasteiger charge is -2.28. The number of hydrogen-bond acceptors (Lipinski definition) is 2. The Kier molecular flexibility index (Phi) is 2.86. The molecule has 0 aromatic carbocycles. The Morgan fingerprint density at radius 3 is 2.82 bits per heavy atom. The van der Waals surface area contributed by atoms with Gasteiger partial charge in [0.2, 0.25) is 0 Å². The van der Waals surface area contributed by atoms with Gasteiger partial charge in [0.15, 0.2) is 0 Å². The summed E-state index contributed by atoms with van der Waals surface area (Å²) in [6.07, 6.45) is 4.00. The quantitative estimate of drug-likeness (QED) is 0.576. The number of aliphatic hydroxyl groups is 1. The summed E-state index contributed by atoms with van der Waals surface area (Å²) < 4.78 is 0. The summed E-state index contributed by atoms with van der Waals surface area (Å²) in [6.45, 7) is 2.13. The van der Waals surface area contributed by atoms with Crippen molar-refractivity contribution in [1.29, 1.82) is 0 Å². The van der Waals surface area contributed by atoms with E-state index in [2.05, 4.69) is 6.92 Å². The highest BCUT2D eigenvalue weighted by atomic mass is 16.3. The molecule has 2 nitrogen and oxygen atoms in total. The zero-order valence-corrected chi connectivity index (χ0v) is 6.79. The van der Waals surface area contributed by atoms with Crippen molar-refractivity contribution in [3.8, 4) is 0 Å². The van der Waals surface area contributed by atoms with Gasteiger partial charge in [-0.1, -0.05) is 6.92 Å². The van der Waals surface area contributed by atoms with E-state index in [4.69, 9.17) is 0 Å². The maximum atomic E-state index is 10.0. The summed E-state index contributed by atoms with van der Waals surface area (Å²) in [7, 11) is 0. The molecule has 0 amide bonds. The van der Waals surface area contributed by atoms with Crippen molar-refractivity contribution in [3.63, 3.8) is 0 Å². The van der Waals surface area contributed by atoms with E-state index in [9.17, 15) is 9.90 Å². The van der Waals surface area contributed by atoms with Gasteiger partial charge >= 0.3 is 0 Å². The van der Waals surface area contributed by atoms with Crippen LogP contribution < -0.4 is 0 Å². The predicted molar refractivity (Wildman–Crippen MR) is 42.8 cm³/mol. The first-order chi connectivity index (χ1) is 5.24. The third-order valence-corrected chi connectivity index (χ3v) is 2.41. The highest BCUT2D eigenvalue weighted by molar-refractivity contribution is 5.45. The number of hydrogen-bond donors (Lipinski definition) is 1. The fraction of sp³-hybridized carbons (Fsp3) is 0.778. The van der Waals surface area contributed by atoms with E-state index in [1.165, 1.54) is 6.08 Å². The van der Waals surface area contributed by atoms with Gasteiger partial charge in [0, 0.05) is 12.0 Å². The van der Waals surface area contributed by atoms with Crippen molar-refractivity contribution < 1.29 is 9.90 Å². The fourth-order valence-electron chi connectivity index (χ4n) is 1.66. The number of rotatable bonds is 1. The van der Waals surface area contributed by atoms with E-state index in [1.807, 2.05) is 0 Å². The molecule has 0 saturated heterocycles. The zero-order valence-electron chi connectivity index (χ0n) is 6.79. The first kappa shape index (κ1) is 8.51. The van der Waals surface area contributed by atoms with Crippen molar-refractivity contribution in [3.05, 3.63) is 6.08 Å². The normalized spacial score (nSPS) is 37.8. The summed E-state index contributed by atoms with van der Waals surface area (Å²) in [4.78, 5) is 10.0. The smallest absolute Gasteiger partial charge is 0.120 e. The molecule has 0 heterocycles. The molecule has 1 aliphatic rings. The minimum Gasteiger partial charge on any atom is -0.392 e. The molecular weight excluding hydrogens is 140 g/mol. The second-order valence-electron chi connectivity index (χ2n) is 3.43. The Bertz CT molecular complexity index is 170. The molecule has 3 atom stereocenters. The van der Waals surface area contributed by atoms with E-state index < -0.39 is 0 Å². The molecule has 0 bridgehead atoms. The molecule has 1 aliphatic carbocycles. The third kappa shape index (κ3) is 2.18. The average molecular weight is 154 g/mol. The van der Waals surface area contributed by atoms with Crippen LogP contribution in [0.1, 0.15) is 26.2 Å². The average Bonchev–Trinajstić information content (AvgIpc) is 1.95. The minimum atomic E-state index is -0.319. The largest absolute Gasteiger partial charge is 0.392 e. The van der Waals surface area contributed by atoms with E-state index in [0.717, 1.165) is 19.3 Å². The van der Waals surface area contributed by atoms with Crippen molar-refractivity contribution in [2.45, 2.75) is 32.3 Å². The molecule has 0 aromatic heterocycles. The molecule has 0 aliphatic heterocycles. The van der Waals surface area contributed by atoms with E-state index >= 15 is 0 Å². The van der Waals surface area contributed by atoms with E-state index in [0.29, 0.717) is 5.92 Å².